The first-order valence-electron chi connectivity index (χ1n) is 7.86. The van der Waals surface area contributed by atoms with E-state index in [1.54, 1.807) is 35.1 Å². The standard InChI is InChI=1S/C18H18N6O2/c1-12-4-2-6-14(8-12)21-18(26)22-15-10-20-24(11-15)16-7-3-5-13(9-16)17(25)23-19/h2-11H,19H2,1H3,(H,23,25)(H2,21,22,26). The Morgan fingerprint density at radius 2 is 1.81 bits per heavy atom. The molecule has 2 aromatic carbocycles. The van der Waals surface area contributed by atoms with E-state index in [0.717, 1.165) is 5.56 Å². The predicted molar refractivity (Wildman–Crippen MR) is 99.0 cm³/mol. The number of rotatable bonds is 4. The number of hydrazine groups is 1. The Hall–Kier alpha value is -3.65. The van der Waals surface area contributed by atoms with Gasteiger partial charge in [-0.15, -0.1) is 0 Å². The van der Waals surface area contributed by atoms with Crippen LogP contribution >= 0.6 is 0 Å². The van der Waals surface area contributed by atoms with Gasteiger partial charge in [-0.1, -0.05) is 18.2 Å². The van der Waals surface area contributed by atoms with Crippen molar-refractivity contribution in [3.63, 3.8) is 0 Å². The lowest BCUT2D eigenvalue weighted by Crippen LogP contribution is -2.30. The quantitative estimate of drug-likeness (QED) is 0.329. The molecular weight excluding hydrogens is 332 g/mol. The highest BCUT2D eigenvalue weighted by molar-refractivity contribution is 5.99. The number of hydrogen-bond acceptors (Lipinski definition) is 4. The van der Waals surface area contributed by atoms with Gasteiger partial charge < -0.3 is 10.6 Å². The Balaban J connectivity index is 1.70. The Bertz CT molecular complexity index is 950. The summed E-state index contributed by atoms with van der Waals surface area (Å²) >= 11 is 0. The van der Waals surface area contributed by atoms with E-state index in [0.29, 0.717) is 22.6 Å². The summed E-state index contributed by atoms with van der Waals surface area (Å²) in [5, 5.41) is 9.67. The van der Waals surface area contributed by atoms with Gasteiger partial charge in [0.05, 0.1) is 23.8 Å². The molecule has 0 spiro atoms. The number of nitrogens with one attached hydrogen (secondary N) is 3. The molecule has 3 rings (SSSR count). The zero-order valence-corrected chi connectivity index (χ0v) is 14.1. The largest absolute Gasteiger partial charge is 0.323 e. The molecule has 8 heteroatoms. The van der Waals surface area contributed by atoms with Gasteiger partial charge in [-0.25, -0.2) is 15.3 Å². The molecule has 0 aliphatic heterocycles. The van der Waals surface area contributed by atoms with Crippen LogP contribution < -0.4 is 21.9 Å². The van der Waals surface area contributed by atoms with Crippen LogP contribution in [0.25, 0.3) is 5.69 Å². The van der Waals surface area contributed by atoms with Crippen LogP contribution in [0.1, 0.15) is 15.9 Å². The van der Waals surface area contributed by atoms with Gasteiger partial charge in [-0.2, -0.15) is 5.10 Å². The number of urea groups is 1. The van der Waals surface area contributed by atoms with Gasteiger partial charge >= 0.3 is 6.03 Å². The lowest BCUT2D eigenvalue weighted by molar-refractivity contribution is 0.0953. The van der Waals surface area contributed by atoms with E-state index in [1.807, 2.05) is 31.2 Å². The highest BCUT2D eigenvalue weighted by atomic mass is 16.2. The lowest BCUT2D eigenvalue weighted by atomic mass is 10.2. The van der Waals surface area contributed by atoms with Crippen molar-refractivity contribution in [2.24, 2.45) is 5.84 Å². The minimum atomic E-state index is -0.394. The predicted octanol–water partition coefficient (Wildman–Crippen LogP) is 2.43. The molecule has 26 heavy (non-hydrogen) atoms. The Labute approximate surface area is 150 Å². The van der Waals surface area contributed by atoms with Crippen molar-refractivity contribution in [3.8, 4) is 5.69 Å². The summed E-state index contributed by atoms with van der Waals surface area (Å²) in [6, 6.07) is 13.9. The molecule has 0 bridgehead atoms. The van der Waals surface area contributed by atoms with E-state index >= 15 is 0 Å². The molecule has 0 saturated heterocycles. The van der Waals surface area contributed by atoms with Gasteiger partial charge in [-0.3, -0.25) is 10.2 Å². The normalized spacial score (nSPS) is 10.2. The van der Waals surface area contributed by atoms with Crippen LogP contribution in [0, 0.1) is 6.92 Å². The Morgan fingerprint density at radius 1 is 1.04 bits per heavy atom. The first-order chi connectivity index (χ1) is 12.5. The van der Waals surface area contributed by atoms with Gasteiger partial charge in [-0.05, 0) is 42.8 Å². The first-order valence-corrected chi connectivity index (χ1v) is 7.86. The van der Waals surface area contributed by atoms with Gasteiger partial charge in [0.2, 0.25) is 0 Å². The highest BCUT2D eigenvalue weighted by Crippen LogP contribution is 2.15. The number of carbonyl (C=O) groups excluding carboxylic acids is 2. The monoisotopic (exact) mass is 350 g/mol. The molecule has 3 amide bonds. The molecule has 0 saturated carbocycles. The van der Waals surface area contributed by atoms with E-state index in [1.165, 1.54) is 6.20 Å². The Kier molecular flexibility index (Phi) is 4.95. The smallest absolute Gasteiger partial charge is 0.308 e. The second kappa shape index (κ2) is 7.49. The van der Waals surface area contributed by atoms with Crippen LogP contribution in [0.3, 0.4) is 0 Å². The number of nitrogen functional groups attached to an aromatic ring is 1. The summed E-state index contributed by atoms with van der Waals surface area (Å²) in [4.78, 5) is 23.7. The number of benzene rings is 2. The van der Waals surface area contributed by atoms with Crippen molar-refractivity contribution in [3.05, 3.63) is 72.1 Å². The van der Waals surface area contributed by atoms with E-state index in [9.17, 15) is 9.59 Å². The van der Waals surface area contributed by atoms with Crippen molar-refractivity contribution in [2.45, 2.75) is 6.92 Å². The van der Waals surface area contributed by atoms with Gasteiger partial charge in [0.15, 0.2) is 0 Å². The number of carbonyl (C=O) groups is 2. The molecule has 0 aliphatic carbocycles. The molecule has 0 atom stereocenters. The topological polar surface area (TPSA) is 114 Å². The van der Waals surface area contributed by atoms with E-state index in [2.05, 4.69) is 21.2 Å². The third-order valence-electron chi connectivity index (χ3n) is 3.62. The number of amides is 3. The van der Waals surface area contributed by atoms with Crippen molar-refractivity contribution in [1.29, 1.82) is 0 Å². The molecule has 5 N–H and O–H groups in total. The van der Waals surface area contributed by atoms with Crippen LogP contribution in [-0.2, 0) is 0 Å². The summed E-state index contributed by atoms with van der Waals surface area (Å²) < 4.78 is 1.55. The fraction of sp³-hybridized carbons (Fsp3) is 0.0556. The number of nitrogens with zero attached hydrogens (tertiary/aromatic N) is 2. The van der Waals surface area contributed by atoms with Crippen LogP contribution in [0.15, 0.2) is 60.9 Å². The number of aryl methyl sites for hydroxylation is 1. The maximum atomic E-state index is 12.1. The third kappa shape index (κ3) is 4.05. The molecule has 1 heterocycles. The lowest BCUT2D eigenvalue weighted by Gasteiger charge is -2.06. The van der Waals surface area contributed by atoms with Crippen molar-refractivity contribution < 1.29 is 9.59 Å². The van der Waals surface area contributed by atoms with Crippen LogP contribution in [0.4, 0.5) is 16.2 Å². The van der Waals surface area contributed by atoms with Gasteiger partial charge in [0.1, 0.15) is 0 Å². The zero-order valence-electron chi connectivity index (χ0n) is 14.1. The maximum Gasteiger partial charge on any atom is 0.323 e. The van der Waals surface area contributed by atoms with Crippen molar-refractivity contribution in [1.82, 2.24) is 15.2 Å². The average Bonchev–Trinajstić information content (AvgIpc) is 3.09. The maximum absolute atomic E-state index is 12.1. The Morgan fingerprint density at radius 3 is 2.58 bits per heavy atom. The molecule has 0 fully saturated rings. The van der Waals surface area contributed by atoms with Gasteiger partial charge in [0.25, 0.3) is 5.91 Å². The summed E-state index contributed by atoms with van der Waals surface area (Å²) in [6.07, 6.45) is 3.17. The molecule has 8 nitrogen and oxygen atoms in total. The van der Waals surface area contributed by atoms with Crippen LogP contribution in [0.2, 0.25) is 0 Å². The van der Waals surface area contributed by atoms with Crippen molar-refractivity contribution in [2.75, 3.05) is 10.6 Å². The SMILES string of the molecule is Cc1cccc(NC(=O)Nc2cnn(-c3cccc(C(=O)NN)c3)c2)c1. The van der Waals surface area contributed by atoms with E-state index < -0.39 is 5.91 Å². The molecule has 0 aliphatic rings. The number of aromatic nitrogens is 2. The molecule has 0 radical (unpaired) electrons. The van der Waals surface area contributed by atoms with E-state index in [4.69, 9.17) is 5.84 Å². The van der Waals surface area contributed by atoms with Gasteiger partial charge in [0, 0.05) is 11.3 Å². The molecule has 132 valence electrons. The summed E-state index contributed by atoms with van der Waals surface area (Å²) in [5.41, 5.74) is 5.43. The minimum Gasteiger partial charge on any atom is -0.308 e. The highest BCUT2D eigenvalue weighted by Gasteiger charge is 2.08. The number of hydrogen-bond donors (Lipinski definition) is 4. The minimum absolute atomic E-state index is 0.369. The van der Waals surface area contributed by atoms with Crippen LogP contribution in [-0.4, -0.2) is 21.7 Å². The summed E-state index contributed by atoms with van der Waals surface area (Å²) in [7, 11) is 0. The molecule has 1 aromatic heterocycles. The number of nitrogens with two attached hydrogens (primary N) is 1. The fourth-order valence-electron chi connectivity index (χ4n) is 2.42. The molecule has 3 aromatic rings. The van der Waals surface area contributed by atoms with E-state index in [-0.39, 0.29) is 6.03 Å². The fourth-order valence-corrected chi connectivity index (χ4v) is 2.42. The molecule has 0 unspecified atom stereocenters. The zero-order chi connectivity index (χ0) is 18.5. The second-order valence-electron chi connectivity index (χ2n) is 5.65. The van der Waals surface area contributed by atoms with Crippen molar-refractivity contribution >= 4 is 23.3 Å². The average molecular weight is 350 g/mol. The second-order valence-corrected chi connectivity index (χ2v) is 5.65. The summed E-state index contributed by atoms with van der Waals surface area (Å²) in [6.45, 7) is 1.95. The molecular formula is C18H18N6O2. The third-order valence-corrected chi connectivity index (χ3v) is 3.62. The summed E-state index contributed by atoms with van der Waals surface area (Å²) in [5.74, 6) is 4.75. The van der Waals surface area contributed by atoms with Crippen LogP contribution in [0.5, 0.6) is 0 Å². The first kappa shape index (κ1) is 17.2. The number of anilines is 2.